The standard InChI is InChI=1S/C20H18N2O7S2/c1-30(24,25)28-17-9-5-7-15(13-17)21-20(23)22-16-8-6-10-18(14-16)29-31(26,27)19-11-3-2-4-12-19/h2-14H,1H3,(H2,21,22,23). The van der Waals surface area contributed by atoms with Crippen LogP contribution in [0.5, 0.6) is 11.5 Å². The summed E-state index contributed by atoms with van der Waals surface area (Å²) in [6.45, 7) is 0. The first-order chi connectivity index (χ1) is 14.6. The Hall–Kier alpha value is -3.57. The minimum absolute atomic E-state index is 0.00213. The quantitative estimate of drug-likeness (QED) is 0.515. The lowest BCUT2D eigenvalue weighted by atomic mass is 10.3. The third kappa shape index (κ3) is 6.73. The highest BCUT2D eigenvalue weighted by Gasteiger charge is 2.16. The maximum atomic E-state index is 12.3. The van der Waals surface area contributed by atoms with Crippen LogP contribution in [-0.2, 0) is 20.2 Å². The van der Waals surface area contributed by atoms with Crippen molar-refractivity contribution in [2.45, 2.75) is 4.90 Å². The van der Waals surface area contributed by atoms with E-state index in [0.717, 1.165) is 6.26 Å². The second-order valence-corrected chi connectivity index (χ2v) is 9.39. The molecule has 3 rings (SSSR count). The van der Waals surface area contributed by atoms with Gasteiger partial charge in [0.25, 0.3) is 0 Å². The fourth-order valence-electron chi connectivity index (χ4n) is 2.48. The van der Waals surface area contributed by atoms with Gasteiger partial charge in [-0.15, -0.1) is 0 Å². The number of anilines is 2. The number of rotatable bonds is 7. The Morgan fingerprint density at radius 3 is 1.74 bits per heavy atom. The van der Waals surface area contributed by atoms with Crippen LogP contribution in [0.1, 0.15) is 0 Å². The number of urea groups is 1. The van der Waals surface area contributed by atoms with Gasteiger partial charge in [-0.05, 0) is 36.4 Å². The van der Waals surface area contributed by atoms with Crippen molar-refractivity contribution in [3.8, 4) is 11.5 Å². The summed E-state index contributed by atoms with van der Waals surface area (Å²) in [5.74, 6) is 0.0621. The summed E-state index contributed by atoms with van der Waals surface area (Å²) >= 11 is 0. The third-order valence-electron chi connectivity index (χ3n) is 3.67. The van der Waals surface area contributed by atoms with Gasteiger partial charge in [-0.2, -0.15) is 16.8 Å². The minimum Gasteiger partial charge on any atom is -0.383 e. The molecule has 0 saturated carbocycles. The van der Waals surface area contributed by atoms with E-state index in [9.17, 15) is 21.6 Å². The van der Waals surface area contributed by atoms with Crippen molar-refractivity contribution in [1.29, 1.82) is 0 Å². The summed E-state index contributed by atoms with van der Waals surface area (Å²) in [6, 6.07) is 18.7. The van der Waals surface area contributed by atoms with Crippen LogP contribution in [0.25, 0.3) is 0 Å². The van der Waals surface area contributed by atoms with Gasteiger partial charge in [0, 0.05) is 23.5 Å². The van der Waals surface area contributed by atoms with Gasteiger partial charge < -0.3 is 19.0 Å². The number of amides is 2. The predicted octanol–water partition coefficient (Wildman–Crippen LogP) is 3.44. The van der Waals surface area contributed by atoms with Gasteiger partial charge in [0.1, 0.15) is 16.4 Å². The van der Waals surface area contributed by atoms with Gasteiger partial charge >= 0.3 is 26.3 Å². The zero-order valence-corrected chi connectivity index (χ0v) is 17.8. The molecule has 0 aliphatic rings. The van der Waals surface area contributed by atoms with Crippen molar-refractivity contribution < 1.29 is 30.0 Å². The Morgan fingerprint density at radius 1 is 0.710 bits per heavy atom. The SMILES string of the molecule is CS(=O)(=O)Oc1cccc(NC(=O)Nc2cccc(OS(=O)(=O)c3ccccc3)c2)c1. The summed E-state index contributed by atoms with van der Waals surface area (Å²) in [7, 11) is -7.72. The number of carbonyl (C=O) groups excluding carboxylic acids is 1. The molecule has 0 aliphatic carbocycles. The van der Waals surface area contributed by atoms with Crippen molar-refractivity contribution in [2.24, 2.45) is 0 Å². The summed E-state index contributed by atoms with van der Waals surface area (Å²) in [5.41, 5.74) is 0.569. The van der Waals surface area contributed by atoms with E-state index in [2.05, 4.69) is 10.6 Å². The molecule has 0 saturated heterocycles. The van der Waals surface area contributed by atoms with Crippen LogP contribution in [0.2, 0.25) is 0 Å². The highest BCUT2D eigenvalue weighted by Crippen LogP contribution is 2.23. The van der Waals surface area contributed by atoms with Gasteiger partial charge in [0.2, 0.25) is 0 Å². The Morgan fingerprint density at radius 2 is 1.23 bits per heavy atom. The van der Waals surface area contributed by atoms with Crippen LogP contribution in [0.4, 0.5) is 16.2 Å². The molecule has 3 aromatic carbocycles. The van der Waals surface area contributed by atoms with Crippen LogP contribution in [0.3, 0.4) is 0 Å². The molecule has 2 N–H and O–H groups in total. The summed E-state index contributed by atoms with van der Waals surface area (Å²) in [6.07, 6.45) is 0.910. The van der Waals surface area contributed by atoms with E-state index < -0.39 is 26.3 Å². The van der Waals surface area contributed by atoms with Gasteiger partial charge in [0.15, 0.2) is 0 Å². The molecule has 0 aliphatic heterocycles. The van der Waals surface area contributed by atoms with E-state index >= 15 is 0 Å². The third-order valence-corrected chi connectivity index (χ3v) is 5.43. The van der Waals surface area contributed by atoms with Crippen molar-refractivity contribution in [1.82, 2.24) is 0 Å². The lowest BCUT2D eigenvalue weighted by Gasteiger charge is -2.11. The Balaban J connectivity index is 1.67. The molecular weight excluding hydrogens is 444 g/mol. The Bertz CT molecular complexity index is 1290. The topological polar surface area (TPSA) is 128 Å². The van der Waals surface area contributed by atoms with Crippen LogP contribution in [0, 0.1) is 0 Å². The number of nitrogens with one attached hydrogen (secondary N) is 2. The average Bonchev–Trinajstić information content (AvgIpc) is 2.67. The van der Waals surface area contributed by atoms with Gasteiger partial charge in [-0.1, -0.05) is 30.3 Å². The van der Waals surface area contributed by atoms with E-state index in [1.165, 1.54) is 48.5 Å². The van der Waals surface area contributed by atoms with Crippen molar-refractivity contribution in [3.05, 3.63) is 78.9 Å². The van der Waals surface area contributed by atoms with Crippen molar-refractivity contribution in [2.75, 3.05) is 16.9 Å². The number of carbonyl (C=O) groups is 1. The zero-order chi connectivity index (χ0) is 22.5. The highest BCUT2D eigenvalue weighted by atomic mass is 32.2. The molecular formula is C20H18N2O7S2. The van der Waals surface area contributed by atoms with Crippen LogP contribution in [-0.4, -0.2) is 29.1 Å². The number of hydrogen-bond acceptors (Lipinski definition) is 7. The normalized spacial score (nSPS) is 11.4. The minimum atomic E-state index is -4.02. The molecule has 31 heavy (non-hydrogen) atoms. The maximum absolute atomic E-state index is 12.3. The molecule has 11 heteroatoms. The second kappa shape index (κ2) is 9.06. The Kier molecular flexibility index (Phi) is 6.47. The summed E-state index contributed by atoms with van der Waals surface area (Å²) in [4.78, 5) is 12.3. The first-order valence-electron chi connectivity index (χ1n) is 8.78. The van der Waals surface area contributed by atoms with E-state index in [0.29, 0.717) is 0 Å². The monoisotopic (exact) mass is 462 g/mol. The van der Waals surface area contributed by atoms with Gasteiger partial charge in [-0.3, -0.25) is 0 Å². The lowest BCUT2D eigenvalue weighted by Crippen LogP contribution is -2.19. The predicted molar refractivity (Wildman–Crippen MR) is 115 cm³/mol. The number of hydrogen-bond donors (Lipinski definition) is 2. The van der Waals surface area contributed by atoms with Crippen molar-refractivity contribution >= 4 is 37.6 Å². The van der Waals surface area contributed by atoms with Gasteiger partial charge in [0.05, 0.1) is 6.26 Å². The van der Waals surface area contributed by atoms with Crippen LogP contribution >= 0.6 is 0 Å². The molecule has 0 radical (unpaired) electrons. The van der Waals surface area contributed by atoms with E-state index in [1.807, 2.05) is 0 Å². The number of benzene rings is 3. The van der Waals surface area contributed by atoms with Crippen LogP contribution < -0.4 is 19.0 Å². The molecule has 2 amide bonds. The smallest absolute Gasteiger partial charge is 0.339 e. The molecule has 0 atom stereocenters. The molecule has 0 fully saturated rings. The molecule has 0 bridgehead atoms. The van der Waals surface area contributed by atoms with Crippen LogP contribution in [0.15, 0.2) is 83.8 Å². The molecule has 0 spiro atoms. The molecule has 9 nitrogen and oxygen atoms in total. The first-order valence-corrected chi connectivity index (χ1v) is 12.0. The van der Waals surface area contributed by atoms with Crippen molar-refractivity contribution in [3.63, 3.8) is 0 Å². The molecule has 0 unspecified atom stereocenters. The summed E-state index contributed by atoms with van der Waals surface area (Å²) < 4.78 is 57.0. The highest BCUT2D eigenvalue weighted by molar-refractivity contribution is 7.87. The summed E-state index contributed by atoms with van der Waals surface area (Å²) in [5, 5.41) is 5.07. The average molecular weight is 463 g/mol. The molecule has 0 heterocycles. The first kappa shape index (κ1) is 22.1. The molecule has 162 valence electrons. The zero-order valence-electron chi connectivity index (χ0n) is 16.2. The largest absolute Gasteiger partial charge is 0.383 e. The second-order valence-electron chi connectivity index (χ2n) is 6.27. The maximum Gasteiger partial charge on any atom is 0.339 e. The molecule has 0 aromatic heterocycles. The Labute approximate surface area is 179 Å². The lowest BCUT2D eigenvalue weighted by molar-refractivity contribution is 0.262. The van der Waals surface area contributed by atoms with E-state index in [4.69, 9.17) is 8.37 Å². The van der Waals surface area contributed by atoms with Gasteiger partial charge in [-0.25, -0.2) is 4.79 Å². The molecule has 3 aromatic rings. The fourth-order valence-corrected chi connectivity index (χ4v) is 3.88. The van der Waals surface area contributed by atoms with E-state index in [-0.39, 0.29) is 27.8 Å². The van der Waals surface area contributed by atoms with E-state index in [1.54, 1.807) is 30.3 Å². The fraction of sp³-hybridized carbons (Fsp3) is 0.0500.